The van der Waals surface area contributed by atoms with Crippen LogP contribution < -0.4 is 202 Å². The van der Waals surface area contributed by atoms with E-state index >= 15 is 0 Å². The van der Waals surface area contributed by atoms with Gasteiger partial charge in [0.2, 0.25) is 0 Å². The van der Waals surface area contributed by atoms with Crippen LogP contribution in [0, 0.1) is 41.9 Å². The van der Waals surface area contributed by atoms with E-state index in [-0.39, 0.29) is 326 Å². The number of fused-ring (bicyclic) bond motifs is 40. The van der Waals surface area contributed by atoms with Gasteiger partial charge in [0.15, 0.2) is 0 Å². The van der Waals surface area contributed by atoms with Gasteiger partial charge in [-0.05, 0) is 153 Å². The summed E-state index contributed by atoms with van der Waals surface area (Å²) in [7, 11) is -14.7. The monoisotopic (exact) mass is 1740 g/mol. The molecule has 0 aliphatic carbocycles. The average Bonchev–Trinajstić information content (AvgIpc) is 1.60. The van der Waals surface area contributed by atoms with Crippen LogP contribution in [0.5, 0.6) is 11.5 Å². The molecular weight excluding hydrogens is 1710 g/mol. The Labute approximate surface area is 817 Å². The van der Waals surface area contributed by atoms with Gasteiger partial charge in [-0.25, -0.2) is 40.2 Å². The molecule has 4 aliphatic rings. The second-order valence-corrected chi connectivity index (χ2v) is 29.2. The zero-order chi connectivity index (χ0) is 73.8. The number of benzene rings is 10. The van der Waals surface area contributed by atoms with Gasteiger partial charge >= 0.3 is 211 Å². The molecule has 10 heterocycles. The standard InChI is InChI=1S/C80H35N16O10S3.2Cu.6Na/c97-107(98,99)46-24-18-41(19-25-46)15-17-43-21-29-54-60(35-43)76-88-70(54)84-67-51-12-6-7-13-52(51)68(82-67)86-77-61-36-44(23-31-56(61)72(92-77)93-79-63-38-47(108(100,101)102)26-32-57(63)73(89-76)94-79)106-45-22-30-55-62(37-45)78-91-71(55)85-66-50-11-5-4-10-49(50)65(81-66)83-69-53-28-20-42(16-14-40-8-2-1-3-9-40)34-59(53)75(87-69)90-74-58-33-27-48(109(103,104)105)39-64(58)80(95-74)96-78;;;;;;;;/h2-3,5,7-13,18-39H,(H3-4,81,82,83,84,85,86,87,88,89,90,91,92,93,94,95,96,97,98,99,100,101,102,103,104,105);;;;;;;;/q-7;2*+2;6*+1/p-3. The molecule has 16 aromatic rings. The van der Waals surface area contributed by atoms with Gasteiger partial charge in [0.05, 0.1) is 55.5 Å². The largest absolute Gasteiger partial charge is 2.00 e. The molecule has 0 spiro atoms. The van der Waals surface area contributed by atoms with Crippen LogP contribution in [-0.2, 0) is 64.5 Å². The molecule has 20 rings (SSSR count). The quantitative estimate of drug-likeness (QED) is 0.0669. The maximum atomic E-state index is 12.7. The average molecular weight is 1740 g/mol. The van der Waals surface area contributed by atoms with E-state index in [4.69, 9.17) is 84.5 Å². The Morgan fingerprint density at radius 2 is 0.590 bits per heavy atom. The van der Waals surface area contributed by atoms with Crippen molar-refractivity contribution < 1.29 is 255 Å². The summed E-state index contributed by atoms with van der Waals surface area (Å²) in [5.74, 6) is 14.1. The molecule has 0 unspecified atom stereocenters. The molecule has 16 bridgehead atoms. The zero-order valence-electron chi connectivity index (χ0n) is 61.5. The minimum atomic E-state index is -5.02. The molecule has 2 radical (unpaired) electrons. The Morgan fingerprint density at radius 1 is 0.265 bits per heavy atom. The van der Waals surface area contributed by atoms with E-state index in [0.717, 1.165) is 11.6 Å². The van der Waals surface area contributed by atoms with Crippen molar-refractivity contribution in [1.82, 2.24) is 79.7 Å². The van der Waals surface area contributed by atoms with Gasteiger partial charge in [-0.3, -0.25) is 4.98 Å². The van der Waals surface area contributed by atoms with E-state index in [2.05, 4.69) is 41.9 Å². The van der Waals surface area contributed by atoms with Crippen molar-refractivity contribution in [3.63, 3.8) is 0 Å². The molecule has 37 heteroatoms. The number of hydrogen-bond acceptors (Lipinski definition) is 22. The van der Waals surface area contributed by atoms with Crippen LogP contribution in [0.1, 0.15) is 22.3 Å². The minimum Gasteiger partial charge on any atom is -0.744 e. The zero-order valence-corrected chi connectivity index (χ0v) is 77.9. The number of aromatic nitrogens is 16. The van der Waals surface area contributed by atoms with E-state index < -0.39 is 45.0 Å². The van der Waals surface area contributed by atoms with Gasteiger partial charge in [0.25, 0.3) is 0 Å². The van der Waals surface area contributed by atoms with Crippen molar-refractivity contribution in [2.24, 2.45) is 0 Å². The number of hydrogen-bond donors (Lipinski definition) is 0. The van der Waals surface area contributed by atoms with Crippen LogP contribution >= 0.6 is 0 Å². The summed E-state index contributed by atoms with van der Waals surface area (Å²) in [4.78, 5) is 78.4. The predicted octanol–water partition coefficient (Wildman–Crippen LogP) is -6.71. The number of nitrogens with zero attached hydrogens (tertiary/aromatic N) is 16. The predicted molar refractivity (Wildman–Crippen MR) is 393 cm³/mol. The minimum absolute atomic E-state index is 0. The molecule has 117 heavy (non-hydrogen) atoms. The van der Waals surface area contributed by atoms with E-state index in [1.54, 1.807) is 97.1 Å². The first-order valence-corrected chi connectivity index (χ1v) is 36.9. The fourth-order valence-electron chi connectivity index (χ4n) is 13.2. The van der Waals surface area contributed by atoms with Gasteiger partial charge < -0.3 is 78.2 Å². The molecule has 0 saturated heterocycles. The third kappa shape index (κ3) is 16.9. The SMILES string of the molecule is O=S(=O)([O-])c1ccc(C#Cc2ccc3c(c2)-c2nc-3nc3[n-]c(nc4nc(nc5[n-]c(n2)c2ccc(S(=O)(=O)[O-])cc52)-c2ccc(Oc5ccc6c7nc8nc(nc9[n-]c(nc%10nc(nc([n-]7)c6c5)-c5cc(S(=O)(=O)[O-])ccc5-%10)c5cc(C#Cc6cc[c-]cc6)ccc95)-c5c[c-]ccc5-8)cc2-4)c2cc[c-]cc32)cc1.[Cu+2].[Cu+2].[Na+].[Na+].[Na+].[Na+].[Na+].[Na+]. The summed E-state index contributed by atoms with van der Waals surface area (Å²) in [5.41, 5.74) is 7.00. The molecule has 4 aliphatic heterocycles. The van der Waals surface area contributed by atoms with E-state index in [9.17, 15) is 38.9 Å². The van der Waals surface area contributed by atoms with Gasteiger partial charge in [-0.1, -0.05) is 64.6 Å². The summed E-state index contributed by atoms with van der Waals surface area (Å²) in [6.07, 6.45) is 0. The first kappa shape index (κ1) is 88.9. The molecule has 0 amide bonds. The van der Waals surface area contributed by atoms with Crippen LogP contribution in [0.15, 0.2) is 209 Å². The first-order chi connectivity index (χ1) is 52.8. The van der Waals surface area contributed by atoms with Crippen molar-refractivity contribution in [3.05, 3.63) is 235 Å². The topological polar surface area (TPSA) is 392 Å². The van der Waals surface area contributed by atoms with Crippen LogP contribution in [0.25, 0.3) is 179 Å². The summed E-state index contributed by atoms with van der Waals surface area (Å²) < 4.78 is 118. The van der Waals surface area contributed by atoms with Crippen molar-refractivity contribution in [3.8, 4) is 126 Å². The Hall–Kier alpha value is -7.39. The first-order valence-electron chi connectivity index (χ1n) is 32.7. The molecule has 0 N–H and O–H groups in total. The molecular formula is C80H32Cu2N16Na6O10S3. The fourth-order valence-corrected chi connectivity index (χ4v) is 14.7. The second kappa shape index (κ2) is 35.0. The van der Waals surface area contributed by atoms with Crippen molar-refractivity contribution in [2.45, 2.75) is 14.7 Å². The van der Waals surface area contributed by atoms with E-state index in [1.807, 2.05) is 36.4 Å². The number of ether oxygens (including phenoxy) is 1. The van der Waals surface area contributed by atoms with Gasteiger partial charge in [-0.2, -0.15) is 78.9 Å². The smallest absolute Gasteiger partial charge is 0.744 e. The van der Waals surface area contributed by atoms with Crippen molar-refractivity contribution >= 4 is 119 Å². The Kier molecular flexibility index (Phi) is 26.6. The molecule has 10 aromatic carbocycles. The molecule has 538 valence electrons. The van der Waals surface area contributed by atoms with Gasteiger partial charge in [0.1, 0.15) is 41.9 Å². The third-order valence-electron chi connectivity index (χ3n) is 18.4. The third-order valence-corrected chi connectivity index (χ3v) is 20.9. The van der Waals surface area contributed by atoms with Crippen molar-refractivity contribution in [2.75, 3.05) is 0 Å². The molecule has 6 aromatic heterocycles. The summed E-state index contributed by atoms with van der Waals surface area (Å²) in [5, 5.41) is 3.61. The van der Waals surface area contributed by atoms with E-state index in [0.29, 0.717) is 93.3 Å². The Balaban J connectivity index is 0.00000158. The van der Waals surface area contributed by atoms with Crippen LogP contribution in [0.4, 0.5) is 0 Å². The van der Waals surface area contributed by atoms with Crippen molar-refractivity contribution in [1.29, 1.82) is 0 Å². The molecule has 0 saturated carbocycles. The molecule has 26 nitrogen and oxygen atoms in total. The molecule has 0 fully saturated rings. The van der Waals surface area contributed by atoms with Gasteiger partial charge in [0, 0.05) is 89.8 Å². The number of rotatable bonds is 5. The van der Waals surface area contributed by atoms with Crippen LogP contribution in [-0.4, -0.2) is 98.7 Å². The Morgan fingerprint density at radius 3 is 1.14 bits per heavy atom. The fraction of sp³-hybridized carbons (Fsp3) is 0. The second-order valence-electron chi connectivity index (χ2n) is 25.0. The molecule has 0 atom stereocenters. The van der Waals surface area contributed by atoms with Crippen LogP contribution in [0.2, 0.25) is 0 Å². The Bertz CT molecular complexity index is 7770. The summed E-state index contributed by atoms with van der Waals surface area (Å²) >= 11 is 0. The van der Waals surface area contributed by atoms with E-state index in [1.165, 1.54) is 54.6 Å². The van der Waals surface area contributed by atoms with Crippen LogP contribution in [0.3, 0.4) is 0 Å². The van der Waals surface area contributed by atoms with Gasteiger partial charge in [-0.15, -0.1) is 10.8 Å². The summed E-state index contributed by atoms with van der Waals surface area (Å²) in [6, 6.07) is 60.8. The maximum absolute atomic E-state index is 12.7. The maximum Gasteiger partial charge on any atom is 2.00 e. The normalized spacial score (nSPS) is 11.4. The summed E-state index contributed by atoms with van der Waals surface area (Å²) in [6.45, 7) is 0.